The summed E-state index contributed by atoms with van der Waals surface area (Å²) in [4.78, 5) is 12.7. The predicted octanol–water partition coefficient (Wildman–Crippen LogP) is 4.97. The first-order valence-corrected chi connectivity index (χ1v) is 6.33. The Morgan fingerprint density at radius 2 is 1.21 bits per heavy atom. The fraction of sp³-hybridized carbons (Fsp3) is 0.900. The summed E-state index contributed by atoms with van der Waals surface area (Å²) in [6.07, 6.45) is -10.2. The molecule has 0 aliphatic heterocycles. The van der Waals surface area contributed by atoms with Crippen LogP contribution >= 0.6 is 0 Å². The third-order valence-corrected chi connectivity index (χ3v) is 2.94. The molecule has 0 fully saturated rings. The van der Waals surface area contributed by atoms with Crippen LogP contribution in [0.15, 0.2) is 5.11 Å². The van der Waals surface area contributed by atoms with Crippen LogP contribution in [-0.4, -0.2) is 54.9 Å². The van der Waals surface area contributed by atoms with Crippen molar-refractivity contribution in [3.8, 4) is 0 Å². The van der Waals surface area contributed by atoms with Crippen LogP contribution in [0.4, 0.5) is 57.1 Å². The summed E-state index contributed by atoms with van der Waals surface area (Å²) >= 11 is 0. The molecule has 0 aromatic heterocycles. The Morgan fingerprint density at radius 1 is 0.786 bits per heavy atom. The molecule has 0 atom stereocenters. The second kappa shape index (κ2) is 7.71. The quantitative estimate of drug-likeness (QED) is 0.165. The van der Waals surface area contributed by atoms with Crippen molar-refractivity contribution in [2.75, 3.05) is 13.2 Å². The van der Waals surface area contributed by atoms with Crippen molar-refractivity contribution in [3.05, 3.63) is 10.4 Å². The van der Waals surface area contributed by atoms with Gasteiger partial charge in [0.1, 0.15) is 6.54 Å². The Labute approximate surface area is 145 Å². The van der Waals surface area contributed by atoms with E-state index in [0.717, 1.165) is 0 Å². The van der Waals surface area contributed by atoms with Crippen molar-refractivity contribution in [2.45, 2.75) is 42.2 Å². The molecule has 0 aromatic carbocycles. The number of rotatable bonds is 9. The Bertz CT molecular complexity index is 625. The van der Waals surface area contributed by atoms with E-state index in [9.17, 15) is 61.9 Å². The minimum Gasteiger partial charge on any atom is -0.465 e. The maximum absolute atomic E-state index is 13.3. The van der Waals surface area contributed by atoms with Gasteiger partial charge in [-0.25, -0.2) is 0 Å². The molecule has 0 saturated heterocycles. The number of carbonyl (C=O) groups is 1. The van der Waals surface area contributed by atoms with Gasteiger partial charge in [0.15, 0.2) is 0 Å². The molecule has 0 aliphatic carbocycles. The van der Waals surface area contributed by atoms with Crippen molar-refractivity contribution in [2.24, 2.45) is 5.11 Å². The molecule has 0 N–H and O–H groups in total. The average molecular weight is 447 g/mol. The molecule has 0 unspecified atom stereocenters. The normalized spacial score (nSPS) is 14.5. The topological polar surface area (TPSA) is 75.1 Å². The van der Waals surface area contributed by atoms with Crippen molar-refractivity contribution in [1.29, 1.82) is 0 Å². The average Bonchev–Trinajstić information content (AvgIpc) is 2.50. The molecular weight excluding hydrogens is 441 g/mol. The van der Waals surface area contributed by atoms with Gasteiger partial charge in [-0.1, -0.05) is 5.11 Å². The van der Waals surface area contributed by atoms with Crippen LogP contribution in [0.5, 0.6) is 0 Å². The van der Waals surface area contributed by atoms with Gasteiger partial charge in [0, 0.05) is 4.91 Å². The lowest BCUT2D eigenvalue weighted by Gasteiger charge is -2.39. The van der Waals surface area contributed by atoms with Crippen LogP contribution in [-0.2, 0) is 9.53 Å². The van der Waals surface area contributed by atoms with Gasteiger partial charge in [-0.3, -0.25) is 4.79 Å². The van der Waals surface area contributed by atoms with Crippen LogP contribution in [0.2, 0.25) is 0 Å². The number of hydrogen-bond acceptors (Lipinski definition) is 3. The van der Waals surface area contributed by atoms with Gasteiger partial charge in [-0.05, 0) is 5.53 Å². The summed E-state index contributed by atoms with van der Waals surface area (Å²) < 4.78 is 169. The minimum absolute atomic E-state index is 1.18. The molecule has 0 saturated carbocycles. The van der Waals surface area contributed by atoms with E-state index in [4.69, 9.17) is 5.53 Å². The number of carbonyl (C=O) groups excluding carboxylic acids is 1. The van der Waals surface area contributed by atoms with Crippen LogP contribution in [0.1, 0.15) is 6.42 Å². The van der Waals surface area contributed by atoms with Gasteiger partial charge in [-0.15, -0.1) is 0 Å². The fourth-order valence-electron chi connectivity index (χ4n) is 1.39. The molecule has 5 nitrogen and oxygen atoms in total. The van der Waals surface area contributed by atoms with E-state index < -0.39 is 61.3 Å². The standard InChI is InChI=1S/C10H6F13N3O2/c11-5(12,1-2-28-4(27)3-25-26-24)6(13,14)7(15,16)8(17,18)9(19,20)10(21,22)23/h1-3H2. The lowest BCUT2D eigenvalue weighted by Crippen LogP contribution is -2.70. The van der Waals surface area contributed by atoms with Crippen LogP contribution in [0.25, 0.3) is 10.4 Å². The number of azide groups is 1. The highest BCUT2D eigenvalue weighted by Crippen LogP contribution is 2.60. The van der Waals surface area contributed by atoms with Crippen molar-refractivity contribution in [1.82, 2.24) is 0 Å². The van der Waals surface area contributed by atoms with Gasteiger partial charge in [0.05, 0.1) is 13.0 Å². The number of hydrogen-bond donors (Lipinski definition) is 0. The molecule has 0 radical (unpaired) electrons. The van der Waals surface area contributed by atoms with E-state index in [1.165, 1.54) is 0 Å². The summed E-state index contributed by atoms with van der Waals surface area (Å²) in [6.45, 7) is -3.07. The highest BCUT2D eigenvalue weighted by atomic mass is 19.4. The first kappa shape index (κ1) is 25.9. The van der Waals surface area contributed by atoms with Crippen molar-refractivity contribution >= 4 is 5.97 Å². The molecule has 28 heavy (non-hydrogen) atoms. The van der Waals surface area contributed by atoms with Gasteiger partial charge in [0.25, 0.3) is 0 Å². The zero-order valence-electron chi connectivity index (χ0n) is 12.7. The highest BCUT2D eigenvalue weighted by molar-refractivity contribution is 5.71. The van der Waals surface area contributed by atoms with E-state index >= 15 is 0 Å². The summed E-state index contributed by atoms with van der Waals surface area (Å²) in [5, 5.41) is 2.52. The summed E-state index contributed by atoms with van der Waals surface area (Å²) in [5.41, 5.74) is 7.80. The Kier molecular flexibility index (Phi) is 7.12. The van der Waals surface area contributed by atoms with Crippen molar-refractivity contribution < 1.29 is 66.6 Å². The lowest BCUT2D eigenvalue weighted by atomic mass is 9.93. The molecule has 0 spiro atoms. The summed E-state index contributed by atoms with van der Waals surface area (Å²) in [7, 11) is 0. The molecule has 0 aromatic rings. The minimum atomic E-state index is -7.98. The summed E-state index contributed by atoms with van der Waals surface area (Å²) in [6, 6.07) is 0. The zero-order chi connectivity index (χ0) is 22.8. The van der Waals surface area contributed by atoms with E-state index in [-0.39, 0.29) is 0 Å². The van der Waals surface area contributed by atoms with E-state index in [0.29, 0.717) is 0 Å². The SMILES string of the molecule is [N-]=[N+]=NCC(=O)OCCC(F)(F)C(F)(F)C(F)(F)C(F)(F)C(F)(F)C(F)(F)F. The second-order valence-corrected chi connectivity index (χ2v) is 4.86. The largest absolute Gasteiger partial charge is 0.465 e. The molecular formula is C10H6F13N3O2. The molecule has 164 valence electrons. The lowest BCUT2D eigenvalue weighted by molar-refractivity contribution is -0.440. The maximum atomic E-state index is 13.3. The fourth-order valence-corrected chi connectivity index (χ4v) is 1.39. The molecule has 0 bridgehead atoms. The Balaban J connectivity index is 5.67. The highest BCUT2D eigenvalue weighted by Gasteiger charge is 2.90. The predicted molar refractivity (Wildman–Crippen MR) is 60.4 cm³/mol. The van der Waals surface area contributed by atoms with Gasteiger partial charge < -0.3 is 4.74 Å². The van der Waals surface area contributed by atoms with Crippen LogP contribution < -0.4 is 0 Å². The number of alkyl halides is 13. The molecule has 0 rings (SSSR count). The Morgan fingerprint density at radius 3 is 1.61 bits per heavy atom. The smallest absolute Gasteiger partial charge is 0.460 e. The first-order chi connectivity index (χ1) is 12.2. The monoisotopic (exact) mass is 447 g/mol. The molecule has 0 heterocycles. The van der Waals surface area contributed by atoms with E-state index in [1.54, 1.807) is 0 Å². The Hall–Kier alpha value is -2.13. The molecule has 0 amide bonds. The number of halogens is 13. The maximum Gasteiger partial charge on any atom is 0.460 e. The third-order valence-electron chi connectivity index (χ3n) is 2.94. The van der Waals surface area contributed by atoms with Crippen molar-refractivity contribution in [3.63, 3.8) is 0 Å². The number of esters is 1. The molecule has 0 aliphatic rings. The van der Waals surface area contributed by atoms with Gasteiger partial charge in [0.2, 0.25) is 0 Å². The summed E-state index contributed by atoms with van der Waals surface area (Å²) in [5.74, 6) is -39.1. The second-order valence-electron chi connectivity index (χ2n) is 4.86. The van der Waals surface area contributed by atoms with Crippen LogP contribution in [0.3, 0.4) is 0 Å². The van der Waals surface area contributed by atoms with Crippen LogP contribution in [0, 0.1) is 0 Å². The first-order valence-electron chi connectivity index (χ1n) is 6.33. The van der Waals surface area contributed by atoms with E-state index in [1.807, 2.05) is 4.91 Å². The molecule has 18 heteroatoms. The van der Waals surface area contributed by atoms with Gasteiger partial charge in [-0.2, -0.15) is 57.1 Å². The third kappa shape index (κ3) is 4.30. The van der Waals surface area contributed by atoms with Gasteiger partial charge >= 0.3 is 41.8 Å². The number of ether oxygens (including phenoxy) is 1. The number of nitrogens with zero attached hydrogens (tertiary/aromatic N) is 3. The zero-order valence-corrected chi connectivity index (χ0v) is 12.7. The van der Waals surface area contributed by atoms with E-state index in [2.05, 4.69) is 9.85 Å².